The summed E-state index contributed by atoms with van der Waals surface area (Å²) in [4.78, 5) is 0. The standard InChI is InChI=1S/C15H8ClF3N6O2S/c16-8-1-3-9(4-2-8)26-7-11-21-23-14(27-11)28-12-6-5-10-20-22-13(15(17,18)19)25(10)24-12/h1-6H,7H2. The number of rotatable bonds is 5. The molecule has 0 saturated heterocycles. The van der Waals surface area contributed by atoms with Crippen molar-refractivity contribution in [2.45, 2.75) is 23.0 Å². The molecule has 4 rings (SSSR count). The van der Waals surface area contributed by atoms with Crippen LogP contribution in [0.4, 0.5) is 13.2 Å². The molecule has 3 heterocycles. The summed E-state index contributed by atoms with van der Waals surface area (Å²) in [5.41, 5.74) is -0.0285. The Morgan fingerprint density at radius 3 is 2.57 bits per heavy atom. The van der Waals surface area contributed by atoms with Gasteiger partial charge in [-0.1, -0.05) is 11.6 Å². The molecule has 0 aliphatic carbocycles. The van der Waals surface area contributed by atoms with Gasteiger partial charge in [0.05, 0.1) is 0 Å². The van der Waals surface area contributed by atoms with Crippen LogP contribution in [-0.2, 0) is 12.8 Å². The molecule has 4 aromatic rings. The summed E-state index contributed by atoms with van der Waals surface area (Å²) in [6.07, 6.45) is -4.67. The molecule has 144 valence electrons. The first-order valence-corrected chi connectivity index (χ1v) is 8.76. The van der Waals surface area contributed by atoms with Gasteiger partial charge in [0, 0.05) is 5.02 Å². The fourth-order valence-electron chi connectivity index (χ4n) is 2.11. The second-order valence-electron chi connectivity index (χ2n) is 5.27. The third-order valence-electron chi connectivity index (χ3n) is 3.31. The maximum atomic E-state index is 12.9. The monoisotopic (exact) mass is 428 g/mol. The Morgan fingerprint density at radius 1 is 1.04 bits per heavy atom. The molecule has 0 amide bonds. The van der Waals surface area contributed by atoms with E-state index in [1.54, 1.807) is 24.3 Å². The lowest BCUT2D eigenvalue weighted by molar-refractivity contribution is -0.146. The van der Waals surface area contributed by atoms with Crippen LogP contribution in [0, 0.1) is 0 Å². The molecule has 0 aliphatic rings. The van der Waals surface area contributed by atoms with E-state index < -0.39 is 12.0 Å². The maximum Gasteiger partial charge on any atom is 0.453 e. The molecule has 0 spiro atoms. The van der Waals surface area contributed by atoms with E-state index >= 15 is 0 Å². The normalized spacial score (nSPS) is 11.9. The van der Waals surface area contributed by atoms with Gasteiger partial charge in [0.25, 0.3) is 16.9 Å². The lowest BCUT2D eigenvalue weighted by Gasteiger charge is -2.03. The van der Waals surface area contributed by atoms with Gasteiger partial charge in [-0.05, 0) is 48.2 Å². The van der Waals surface area contributed by atoms with Crippen molar-refractivity contribution < 1.29 is 22.3 Å². The van der Waals surface area contributed by atoms with Crippen LogP contribution >= 0.6 is 23.4 Å². The van der Waals surface area contributed by atoms with Crippen molar-refractivity contribution in [1.82, 2.24) is 30.0 Å². The van der Waals surface area contributed by atoms with Gasteiger partial charge in [-0.15, -0.1) is 20.4 Å². The molecular formula is C15H8ClF3N6O2S. The number of ether oxygens (including phenoxy) is 1. The van der Waals surface area contributed by atoms with Crippen LogP contribution in [0.25, 0.3) is 5.65 Å². The minimum Gasteiger partial charge on any atom is -0.484 e. The van der Waals surface area contributed by atoms with E-state index in [-0.39, 0.29) is 28.4 Å². The minimum absolute atomic E-state index is 0.0192. The number of hydrogen-bond acceptors (Lipinski definition) is 8. The third-order valence-corrected chi connectivity index (χ3v) is 4.33. The minimum atomic E-state index is -4.67. The zero-order valence-corrected chi connectivity index (χ0v) is 15.2. The summed E-state index contributed by atoms with van der Waals surface area (Å²) in [7, 11) is 0. The lowest BCUT2D eigenvalue weighted by atomic mass is 10.3. The molecule has 0 bridgehead atoms. The smallest absolute Gasteiger partial charge is 0.453 e. The van der Waals surface area contributed by atoms with Crippen LogP contribution in [0.1, 0.15) is 11.7 Å². The Balaban J connectivity index is 1.47. The summed E-state index contributed by atoms with van der Waals surface area (Å²) in [5, 5.41) is 19.0. The zero-order valence-electron chi connectivity index (χ0n) is 13.6. The number of fused-ring (bicyclic) bond motifs is 1. The Morgan fingerprint density at radius 2 is 1.82 bits per heavy atom. The fourth-order valence-corrected chi connectivity index (χ4v) is 2.89. The second-order valence-corrected chi connectivity index (χ2v) is 6.68. The van der Waals surface area contributed by atoms with Crippen molar-refractivity contribution in [2.75, 3.05) is 0 Å². The van der Waals surface area contributed by atoms with Gasteiger partial charge in [-0.3, -0.25) is 0 Å². The number of alkyl halides is 3. The molecule has 0 atom stereocenters. The summed E-state index contributed by atoms with van der Waals surface area (Å²) in [6, 6.07) is 9.55. The number of aromatic nitrogens is 6. The van der Waals surface area contributed by atoms with Crippen LogP contribution < -0.4 is 4.74 Å². The first kappa shape index (κ1) is 18.5. The van der Waals surface area contributed by atoms with E-state index in [2.05, 4.69) is 25.5 Å². The van der Waals surface area contributed by atoms with Crippen molar-refractivity contribution in [1.29, 1.82) is 0 Å². The average Bonchev–Trinajstić information content (AvgIpc) is 3.27. The molecule has 0 N–H and O–H groups in total. The molecule has 0 aliphatic heterocycles. The van der Waals surface area contributed by atoms with Crippen molar-refractivity contribution in [3.05, 3.63) is 53.1 Å². The van der Waals surface area contributed by atoms with E-state index in [0.29, 0.717) is 15.3 Å². The topological polar surface area (TPSA) is 91.2 Å². The highest BCUT2D eigenvalue weighted by Crippen LogP contribution is 2.29. The number of benzene rings is 1. The summed E-state index contributed by atoms with van der Waals surface area (Å²) < 4.78 is 50.3. The van der Waals surface area contributed by atoms with Crippen LogP contribution in [0.5, 0.6) is 5.75 Å². The summed E-state index contributed by atoms with van der Waals surface area (Å²) >= 11 is 6.70. The number of hydrogen-bond donors (Lipinski definition) is 0. The van der Waals surface area contributed by atoms with E-state index in [4.69, 9.17) is 20.8 Å². The summed E-state index contributed by atoms with van der Waals surface area (Å²) in [6.45, 7) is 0.0192. The third kappa shape index (κ3) is 4.02. The molecular weight excluding hydrogens is 421 g/mol. The van der Waals surface area contributed by atoms with E-state index in [9.17, 15) is 13.2 Å². The van der Waals surface area contributed by atoms with Crippen LogP contribution in [-0.4, -0.2) is 30.0 Å². The van der Waals surface area contributed by atoms with Gasteiger partial charge in [0.2, 0.25) is 0 Å². The number of nitrogens with zero attached hydrogens (tertiary/aromatic N) is 6. The molecule has 0 radical (unpaired) electrons. The molecule has 13 heteroatoms. The number of halogens is 4. The molecule has 0 saturated carbocycles. The highest BCUT2D eigenvalue weighted by molar-refractivity contribution is 7.99. The zero-order chi connectivity index (χ0) is 19.7. The molecule has 8 nitrogen and oxygen atoms in total. The van der Waals surface area contributed by atoms with Gasteiger partial charge < -0.3 is 9.15 Å². The molecule has 0 unspecified atom stereocenters. The molecule has 1 aromatic carbocycles. The van der Waals surface area contributed by atoms with E-state index in [0.717, 1.165) is 11.8 Å². The van der Waals surface area contributed by atoms with Gasteiger partial charge in [-0.2, -0.15) is 22.8 Å². The van der Waals surface area contributed by atoms with Crippen molar-refractivity contribution >= 4 is 29.0 Å². The van der Waals surface area contributed by atoms with Crippen molar-refractivity contribution in [2.24, 2.45) is 0 Å². The Hall–Kier alpha value is -2.86. The van der Waals surface area contributed by atoms with Gasteiger partial charge in [0.15, 0.2) is 12.3 Å². The predicted molar refractivity (Wildman–Crippen MR) is 90.0 cm³/mol. The average molecular weight is 429 g/mol. The predicted octanol–water partition coefficient (Wildman–Crippen LogP) is 3.91. The quantitative estimate of drug-likeness (QED) is 0.472. The van der Waals surface area contributed by atoms with Gasteiger partial charge >= 0.3 is 6.18 Å². The highest BCUT2D eigenvalue weighted by Gasteiger charge is 2.37. The van der Waals surface area contributed by atoms with Gasteiger partial charge in [-0.25, -0.2) is 0 Å². The highest BCUT2D eigenvalue weighted by atomic mass is 35.5. The first-order chi connectivity index (χ1) is 13.4. The Kier molecular flexibility index (Phi) is 4.81. The molecule has 0 fully saturated rings. The second kappa shape index (κ2) is 7.28. The lowest BCUT2D eigenvalue weighted by Crippen LogP contribution is -2.12. The Labute approximate surface area is 163 Å². The van der Waals surface area contributed by atoms with Crippen molar-refractivity contribution in [3.8, 4) is 5.75 Å². The molecule has 28 heavy (non-hydrogen) atoms. The molecule has 3 aromatic heterocycles. The summed E-state index contributed by atoms with van der Waals surface area (Å²) in [5.74, 6) is -0.456. The fraction of sp³-hybridized carbons (Fsp3) is 0.133. The van der Waals surface area contributed by atoms with Gasteiger partial charge in [0.1, 0.15) is 10.8 Å². The van der Waals surface area contributed by atoms with E-state index in [1.807, 2.05) is 0 Å². The maximum absolute atomic E-state index is 12.9. The van der Waals surface area contributed by atoms with Crippen LogP contribution in [0.15, 0.2) is 51.1 Å². The largest absolute Gasteiger partial charge is 0.484 e. The van der Waals surface area contributed by atoms with Crippen LogP contribution in [0.2, 0.25) is 5.02 Å². The first-order valence-electron chi connectivity index (χ1n) is 7.57. The van der Waals surface area contributed by atoms with Crippen LogP contribution in [0.3, 0.4) is 0 Å². The van der Waals surface area contributed by atoms with Crippen molar-refractivity contribution in [3.63, 3.8) is 0 Å². The Bertz CT molecular complexity index is 1120. The van der Waals surface area contributed by atoms with E-state index in [1.165, 1.54) is 12.1 Å². The SMILES string of the molecule is FC(F)(F)c1nnc2ccc(Sc3nnc(COc4ccc(Cl)cc4)o3)nn12.